The smallest absolute Gasteiger partial charge is 0.344 e. The minimum Gasteiger partial charge on any atom is -0.479 e. The van der Waals surface area contributed by atoms with Crippen molar-refractivity contribution in [2.45, 2.75) is 0 Å². The van der Waals surface area contributed by atoms with Crippen molar-refractivity contribution in [2.75, 3.05) is 11.9 Å². The van der Waals surface area contributed by atoms with E-state index in [0.29, 0.717) is 0 Å². The molecule has 0 amide bonds. The number of benzene rings is 2. The molecule has 0 unspecified atom stereocenters. The molecule has 2 N–H and O–H groups in total. The minimum atomic E-state index is -1.06. The third kappa shape index (κ3) is 4.13. The molecule has 2 aromatic carbocycles. The summed E-state index contributed by atoms with van der Waals surface area (Å²) in [6.45, 7) is -0.454. The highest BCUT2D eigenvalue weighted by molar-refractivity contribution is 5.88. The number of oxime groups is 1. The first-order valence-corrected chi connectivity index (χ1v) is 6.04. The van der Waals surface area contributed by atoms with Gasteiger partial charge in [-0.1, -0.05) is 41.6 Å². The van der Waals surface area contributed by atoms with E-state index in [1.165, 1.54) is 6.21 Å². The number of carboxylic acids is 1. The van der Waals surface area contributed by atoms with Gasteiger partial charge in [-0.2, -0.15) is 0 Å². The number of hydrogen-bond acceptors (Lipinski definition) is 4. The van der Waals surface area contributed by atoms with Gasteiger partial charge >= 0.3 is 5.97 Å². The molecule has 0 heterocycles. The van der Waals surface area contributed by atoms with Gasteiger partial charge in [-0.25, -0.2) is 4.79 Å². The Labute approximate surface area is 116 Å². The summed E-state index contributed by atoms with van der Waals surface area (Å²) in [5, 5.41) is 15.3. The van der Waals surface area contributed by atoms with Gasteiger partial charge in [0.1, 0.15) is 0 Å². The number of anilines is 2. The molecule has 5 heteroatoms. The number of carbonyl (C=O) groups is 1. The standard InChI is InChI=1S/C15H14N2O3/c18-15(19)11-20-16-10-12-6-4-5-9-14(12)17-13-7-2-1-3-8-13/h1-10,17H,11H2,(H,18,19)/b16-10+. The molecule has 0 aliphatic rings. The first-order chi connectivity index (χ1) is 9.75. The van der Waals surface area contributed by atoms with Crippen LogP contribution in [-0.4, -0.2) is 23.9 Å². The monoisotopic (exact) mass is 270 g/mol. The Morgan fingerprint density at radius 2 is 1.85 bits per heavy atom. The fraction of sp³-hybridized carbons (Fsp3) is 0.0667. The molecule has 20 heavy (non-hydrogen) atoms. The first kappa shape index (κ1) is 13.6. The third-order valence-electron chi connectivity index (χ3n) is 2.47. The molecule has 102 valence electrons. The second-order valence-electron chi connectivity index (χ2n) is 3.98. The third-order valence-corrected chi connectivity index (χ3v) is 2.47. The normalized spacial score (nSPS) is 10.4. The van der Waals surface area contributed by atoms with E-state index in [-0.39, 0.29) is 0 Å². The second-order valence-corrected chi connectivity index (χ2v) is 3.98. The maximum Gasteiger partial charge on any atom is 0.344 e. The van der Waals surface area contributed by atoms with Crippen LogP contribution in [0.3, 0.4) is 0 Å². The van der Waals surface area contributed by atoms with Crippen molar-refractivity contribution in [1.29, 1.82) is 0 Å². The first-order valence-electron chi connectivity index (χ1n) is 6.04. The molecular formula is C15H14N2O3. The summed E-state index contributed by atoms with van der Waals surface area (Å²) in [5.74, 6) is -1.06. The van der Waals surface area contributed by atoms with E-state index < -0.39 is 12.6 Å². The molecule has 0 bridgehead atoms. The molecule has 0 aliphatic heterocycles. The molecular weight excluding hydrogens is 256 g/mol. The predicted molar refractivity (Wildman–Crippen MR) is 77.3 cm³/mol. The number of nitrogens with zero attached hydrogens (tertiary/aromatic N) is 1. The van der Waals surface area contributed by atoms with Crippen LogP contribution in [0.25, 0.3) is 0 Å². The topological polar surface area (TPSA) is 70.9 Å². The second kappa shape index (κ2) is 6.94. The number of para-hydroxylation sites is 2. The van der Waals surface area contributed by atoms with E-state index in [1.54, 1.807) is 0 Å². The lowest BCUT2D eigenvalue weighted by molar-refractivity contribution is -0.142. The van der Waals surface area contributed by atoms with Crippen LogP contribution < -0.4 is 5.32 Å². The molecule has 0 saturated carbocycles. The number of carboxylic acid groups (broad SMARTS) is 1. The SMILES string of the molecule is O=C(O)CO/N=C/c1ccccc1Nc1ccccc1. The van der Waals surface area contributed by atoms with Crippen molar-refractivity contribution < 1.29 is 14.7 Å². The van der Waals surface area contributed by atoms with Crippen LogP contribution in [-0.2, 0) is 9.63 Å². The average molecular weight is 270 g/mol. The van der Waals surface area contributed by atoms with Crippen molar-refractivity contribution in [2.24, 2.45) is 5.16 Å². The summed E-state index contributed by atoms with van der Waals surface area (Å²) < 4.78 is 0. The van der Waals surface area contributed by atoms with Crippen LogP contribution in [0, 0.1) is 0 Å². The van der Waals surface area contributed by atoms with Gasteiger partial charge in [0.05, 0.1) is 6.21 Å². The average Bonchev–Trinajstić information content (AvgIpc) is 2.46. The maximum atomic E-state index is 10.3. The molecule has 0 aliphatic carbocycles. The number of aliphatic carboxylic acids is 1. The lowest BCUT2D eigenvalue weighted by atomic mass is 10.2. The summed E-state index contributed by atoms with van der Waals surface area (Å²) in [5.41, 5.74) is 2.63. The lowest BCUT2D eigenvalue weighted by Crippen LogP contribution is -2.03. The van der Waals surface area contributed by atoms with E-state index in [9.17, 15) is 4.79 Å². The van der Waals surface area contributed by atoms with Gasteiger partial charge in [0, 0.05) is 16.9 Å². The lowest BCUT2D eigenvalue weighted by Gasteiger charge is -2.08. The van der Waals surface area contributed by atoms with Gasteiger partial charge in [-0.15, -0.1) is 0 Å². The Hall–Kier alpha value is -2.82. The fourth-order valence-corrected chi connectivity index (χ4v) is 1.59. The zero-order valence-electron chi connectivity index (χ0n) is 10.7. The summed E-state index contributed by atoms with van der Waals surface area (Å²) >= 11 is 0. The van der Waals surface area contributed by atoms with Crippen LogP contribution in [0.15, 0.2) is 59.8 Å². The van der Waals surface area contributed by atoms with Crippen LogP contribution in [0.1, 0.15) is 5.56 Å². The van der Waals surface area contributed by atoms with Crippen LogP contribution in [0.5, 0.6) is 0 Å². The Bertz CT molecular complexity index is 597. The Kier molecular flexibility index (Phi) is 4.72. The van der Waals surface area contributed by atoms with Crippen molar-refractivity contribution in [3.63, 3.8) is 0 Å². The van der Waals surface area contributed by atoms with Crippen molar-refractivity contribution in [3.8, 4) is 0 Å². The maximum absolute atomic E-state index is 10.3. The number of rotatable bonds is 6. The summed E-state index contributed by atoms with van der Waals surface area (Å²) in [6.07, 6.45) is 1.48. The molecule has 0 spiro atoms. The highest BCUT2D eigenvalue weighted by Crippen LogP contribution is 2.19. The molecule has 2 rings (SSSR count). The molecule has 0 radical (unpaired) electrons. The molecule has 0 aromatic heterocycles. The van der Waals surface area contributed by atoms with E-state index in [4.69, 9.17) is 5.11 Å². The van der Waals surface area contributed by atoms with Crippen molar-refractivity contribution in [1.82, 2.24) is 0 Å². The molecule has 5 nitrogen and oxygen atoms in total. The van der Waals surface area contributed by atoms with Gasteiger partial charge in [0.15, 0.2) is 0 Å². The van der Waals surface area contributed by atoms with Gasteiger partial charge in [0.25, 0.3) is 0 Å². The van der Waals surface area contributed by atoms with Gasteiger partial charge in [-0.05, 0) is 18.2 Å². The fourth-order valence-electron chi connectivity index (χ4n) is 1.59. The highest BCUT2D eigenvalue weighted by atomic mass is 16.6. The van der Waals surface area contributed by atoms with E-state index in [1.807, 2.05) is 54.6 Å². The predicted octanol–water partition coefficient (Wildman–Crippen LogP) is 2.87. The number of nitrogens with one attached hydrogen (secondary N) is 1. The quantitative estimate of drug-likeness (QED) is 0.625. The molecule has 0 saturated heterocycles. The molecule has 2 aromatic rings. The molecule has 0 fully saturated rings. The van der Waals surface area contributed by atoms with Crippen LogP contribution in [0.4, 0.5) is 11.4 Å². The zero-order chi connectivity index (χ0) is 14.2. The van der Waals surface area contributed by atoms with Gasteiger partial charge in [0.2, 0.25) is 6.61 Å². The van der Waals surface area contributed by atoms with Crippen molar-refractivity contribution >= 4 is 23.6 Å². The zero-order valence-corrected chi connectivity index (χ0v) is 10.7. The Morgan fingerprint density at radius 3 is 2.60 bits per heavy atom. The summed E-state index contributed by atoms with van der Waals surface area (Å²) in [4.78, 5) is 15.0. The Morgan fingerprint density at radius 1 is 1.15 bits per heavy atom. The van der Waals surface area contributed by atoms with E-state index in [0.717, 1.165) is 16.9 Å². The van der Waals surface area contributed by atoms with Crippen molar-refractivity contribution in [3.05, 3.63) is 60.2 Å². The largest absolute Gasteiger partial charge is 0.479 e. The molecule has 0 atom stereocenters. The highest BCUT2D eigenvalue weighted by Gasteiger charge is 2.00. The van der Waals surface area contributed by atoms with Gasteiger partial charge in [-0.3, -0.25) is 0 Å². The van der Waals surface area contributed by atoms with E-state index >= 15 is 0 Å². The van der Waals surface area contributed by atoms with Gasteiger partial charge < -0.3 is 15.3 Å². The van der Waals surface area contributed by atoms with Crippen LogP contribution in [0.2, 0.25) is 0 Å². The summed E-state index contributed by atoms with van der Waals surface area (Å²) in [7, 11) is 0. The number of hydrogen-bond donors (Lipinski definition) is 2. The summed E-state index contributed by atoms with van der Waals surface area (Å²) in [6, 6.07) is 17.3. The van der Waals surface area contributed by atoms with Crippen LogP contribution >= 0.6 is 0 Å². The Balaban J connectivity index is 2.08. The van der Waals surface area contributed by atoms with E-state index in [2.05, 4.69) is 15.3 Å². The minimum absolute atomic E-state index is 0.454.